The SMILES string of the molecule is COCCNCCC(C)(O)Cc1ccsc1. The van der Waals surface area contributed by atoms with Crippen LogP contribution in [0.5, 0.6) is 0 Å². The molecule has 3 nitrogen and oxygen atoms in total. The standard InChI is InChI=1S/C12H21NO2S/c1-12(14,4-5-13-6-7-15-2)9-11-3-8-16-10-11/h3,8,10,13-14H,4-7,9H2,1-2H3. The topological polar surface area (TPSA) is 41.5 Å². The molecule has 0 aliphatic carbocycles. The van der Waals surface area contributed by atoms with Crippen molar-refractivity contribution in [3.8, 4) is 0 Å². The van der Waals surface area contributed by atoms with Crippen LogP contribution in [-0.2, 0) is 11.2 Å². The predicted molar refractivity (Wildman–Crippen MR) is 68.0 cm³/mol. The summed E-state index contributed by atoms with van der Waals surface area (Å²) in [5.74, 6) is 0. The lowest BCUT2D eigenvalue weighted by atomic mass is 9.95. The number of rotatable bonds is 8. The molecule has 1 aromatic rings. The van der Waals surface area contributed by atoms with Gasteiger partial charge in [-0.2, -0.15) is 11.3 Å². The molecule has 0 bridgehead atoms. The highest BCUT2D eigenvalue weighted by atomic mass is 32.1. The molecule has 92 valence electrons. The fourth-order valence-corrected chi connectivity index (χ4v) is 2.25. The summed E-state index contributed by atoms with van der Waals surface area (Å²) in [7, 11) is 1.69. The first-order chi connectivity index (χ1) is 7.64. The monoisotopic (exact) mass is 243 g/mol. The summed E-state index contributed by atoms with van der Waals surface area (Å²) in [5, 5.41) is 17.5. The molecule has 0 fully saturated rings. The summed E-state index contributed by atoms with van der Waals surface area (Å²) in [6, 6.07) is 2.07. The minimum Gasteiger partial charge on any atom is -0.390 e. The summed E-state index contributed by atoms with van der Waals surface area (Å²) in [6.07, 6.45) is 1.48. The van der Waals surface area contributed by atoms with Crippen molar-refractivity contribution in [2.45, 2.75) is 25.4 Å². The molecule has 4 heteroatoms. The Balaban J connectivity index is 2.18. The van der Waals surface area contributed by atoms with Gasteiger partial charge in [0.15, 0.2) is 0 Å². The molecule has 0 saturated carbocycles. The second kappa shape index (κ2) is 7.01. The van der Waals surface area contributed by atoms with E-state index in [1.165, 1.54) is 5.56 Å². The molecule has 0 aromatic carbocycles. The zero-order valence-electron chi connectivity index (χ0n) is 10.0. The average Bonchev–Trinajstić information content (AvgIpc) is 2.69. The van der Waals surface area contributed by atoms with E-state index in [0.717, 1.165) is 25.9 Å². The van der Waals surface area contributed by atoms with Gasteiger partial charge in [-0.05, 0) is 42.3 Å². The fourth-order valence-electron chi connectivity index (χ4n) is 1.58. The summed E-state index contributed by atoms with van der Waals surface area (Å²) in [6.45, 7) is 4.26. The first-order valence-electron chi connectivity index (χ1n) is 5.57. The molecule has 1 unspecified atom stereocenters. The van der Waals surface area contributed by atoms with Crippen LogP contribution in [0.2, 0.25) is 0 Å². The van der Waals surface area contributed by atoms with Crippen molar-refractivity contribution in [1.29, 1.82) is 0 Å². The highest BCUT2D eigenvalue weighted by Crippen LogP contribution is 2.18. The van der Waals surface area contributed by atoms with Gasteiger partial charge in [-0.15, -0.1) is 0 Å². The number of methoxy groups -OCH3 is 1. The zero-order valence-corrected chi connectivity index (χ0v) is 10.8. The number of aliphatic hydroxyl groups is 1. The van der Waals surface area contributed by atoms with Gasteiger partial charge in [-0.1, -0.05) is 0 Å². The molecule has 1 atom stereocenters. The Hall–Kier alpha value is -0.420. The number of nitrogens with one attached hydrogen (secondary N) is 1. The molecule has 1 heterocycles. The molecule has 1 rings (SSSR count). The highest BCUT2D eigenvalue weighted by molar-refractivity contribution is 7.07. The smallest absolute Gasteiger partial charge is 0.0672 e. The van der Waals surface area contributed by atoms with Gasteiger partial charge in [-0.25, -0.2) is 0 Å². The number of hydrogen-bond acceptors (Lipinski definition) is 4. The van der Waals surface area contributed by atoms with E-state index in [2.05, 4.69) is 16.8 Å². The van der Waals surface area contributed by atoms with Crippen LogP contribution in [0, 0.1) is 0 Å². The van der Waals surface area contributed by atoms with Crippen LogP contribution in [0.15, 0.2) is 16.8 Å². The van der Waals surface area contributed by atoms with E-state index >= 15 is 0 Å². The van der Waals surface area contributed by atoms with Crippen LogP contribution in [0.25, 0.3) is 0 Å². The van der Waals surface area contributed by atoms with Gasteiger partial charge in [0.2, 0.25) is 0 Å². The van der Waals surface area contributed by atoms with Crippen LogP contribution in [0.1, 0.15) is 18.9 Å². The third-order valence-corrected chi connectivity index (χ3v) is 3.22. The van der Waals surface area contributed by atoms with Gasteiger partial charge in [0, 0.05) is 20.1 Å². The van der Waals surface area contributed by atoms with E-state index in [0.29, 0.717) is 6.61 Å². The van der Waals surface area contributed by atoms with E-state index in [4.69, 9.17) is 4.74 Å². The summed E-state index contributed by atoms with van der Waals surface area (Å²) in [5.41, 5.74) is 0.591. The van der Waals surface area contributed by atoms with Gasteiger partial charge in [0.05, 0.1) is 12.2 Å². The Morgan fingerprint density at radius 1 is 1.50 bits per heavy atom. The molecular weight excluding hydrogens is 222 g/mol. The molecule has 0 saturated heterocycles. The van der Waals surface area contributed by atoms with E-state index in [1.54, 1.807) is 18.4 Å². The molecule has 0 aliphatic rings. The largest absolute Gasteiger partial charge is 0.390 e. The fraction of sp³-hybridized carbons (Fsp3) is 0.667. The molecule has 2 N–H and O–H groups in total. The van der Waals surface area contributed by atoms with Crippen molar-refractivity contribution in [2.75, 3.05) is 26.8 Å². The maximum Gasteiger partial charge on any atom is 0.0672 e. The van der Waals surface area contributed by atoms with Crippen molar-refractivity contribution < 1.29 is 9.84 Å². The third-order valence-electron chi connectivity index (χ3n) is 2.49. The van der Waals surface area contributed by atoms with Crippen LogP contribution < -0.4 is 5.32 Å². The quantitative estimate of drug-likeness (QED) is 0.682. The minimum absolute atomic E-state index is 0.624. The van der Waals surface area contributed by atoms with Crippen LogP contribution in [0.4, 0.5) is 0 Å². The number of hydrogen-bond donors (Lipinski definition) is 2. The van der Waals surface area contributed by atoms with Gasteiger partial charge >= 0.3 is 0 Å². The first-order valence-corrected chi connectivity index (χ1v) is 6.51. The van der Waals surface area contributed by atoms with Gasteiger partial charge in [-0.3, -0.25) is 0 Å². The Kier molecular flexibility index (Phi) is 5.98. The van der Waals surface area contributed by atoms with Crippen LogP contribution in [0.3, 0.4) is 0 Å². The van der Waals surface area contributed by atoms with Crippen molar-refractivity contribution in [3.63, 3.8) is 0 Å². The predicted octanol–water partition coefficient (Wildman–Crippen LogP) is 1.67. The first kappa shape index (κ1) is 13.6. The van der Waals surface area contributed by atoms with E-state index < -0.39 is 5.60 Å². The molecule has 0 aliphatic heterocycles. The second-order valence-electron chi connectivity index (χ2n) is 4.30. The van der Waals surface area contributed by atoms with Crippen LogP contribution in [-0.4, -0.2) is 37.5 Å². The highest BCUT2D eigenvalue weighted by Gasteiger charge is 2.20. The third kappa shape index (κ3) is 5.61. The maximum absolute atomic E-state index is 10.2. The molecule has 0 amide bonds. The second-order valence-corrected chi connectivity index (χ2v) is 5.08. The molecule has 0 spiro atoms. The lowest BCUT2D eigenvalue weighted by Crippen LogP contribution is -2.33. The Morgan fingerprint density at radius 2 is 2.31 bits per heavy atom. The molecule has 1 aromatic heterocycles. The Bertz CT molecular complexity index is 273. The van der Waals surface area contributed by atoms with Gasteiger partial charge in [0.25, 0.3) is 0 Å². The number of ether oxygens (including phenoxy) is 1. The van der Waals surface area contributed by atoms with Crippen molar-refractivity contribution in [2.24, 2.45) is 0 Å². The lowest BCUT2D eigenvalue weighted by Gasteiger charge is -2.23. The Morgan fingerprint density at radius 3 is 2.94 bits per heavy atom. The molecule has 16 heavy (non-hydrogen) atoms. The van der Waals surface area contributed by atoms with Crippen LogP contribution >= 0.6 is 11.3 Å². The Labute approximate surface area is 101 Å². The number of thiophene rings is 1. The van der Waals surface area contributed by atoms with Crippen molar-refractivity contribution >= 4 is 11.3 Å². The van der Waals surface area contributed by atoms with Gasteiger partial charge < -0.3 is 15.2 Å². The summed E-state index contributed by atoms with van der Waals surface area (Å²) < 4.78 is 4.94. The zero-order chi connectivity index (χ0) is 11.9. The maximum atomic E-state index is 10.2. The lowest BCUT2D eigenvalue weighted by molar-refractivity contribution is 0.0511. The van der Waals surface area contributed by atoms with E-state index in [9.17, 15) is 5.11 Å². The molecule has 0 radical (unpaired) electrons. The summed E-state index contributed by atoms with van der Waals surface area (Å²) >= 11 is 1.67. The van der Waals surface area contributed by atoms with Crippen molar-refractivity contribution in [1.82, 2.24) is 5.32 Å². The van der Waals surface area contributed by atoms with E-state index in [1.807, 2.05) is 12.3 Å². The summed E-state index contributed by atoms with van der Waals surface area (Å²) in [4.78, 5) is 0. The van der Waals surface area contributed by atoms with Crippen molar-refractivity contribution in [3.05, 3.63) is 22.4 Å². The molecular formula is C12H21NO2S. The van der Waals surface area contributed by atoms with Gasteiger partial charge in [0.1, 0.15) is 0 Å². The normalized spacial score (nSPS) is 14.9. The average molecular weight is 243 g/mol. The van der Waals surface area contributed by atoms with E-state index in [-0.39, 0.29) is 0 Å². The minimum atomic E-state index is -0.624.